The second-order valence-corrected chi connectivity index (χ2v) is 7.27. The minimum absolute atomic E-state index is 0.0955. The van der Waals surface area contributed by atoms with E-state index in [0.717, 1.165) is 38.0 Å². The molecule has 0 bridgehead atoms. The fraction of sp³-hybridized carbons (Fsp3) is 0.611. The van der Waals surface area contributed by atoms with E-state index >= 15 is 0 Å². The number of amides is 1. The van der Waals surface area contributed by atoms with Gasteiger partial charge in [0, 0.05) is 24.2 Å². The summed E-state index contributed by atoms with van der Waals surface area (Å²) in [5.74, 6) is 0.955. The molecular weight excluding hydrogens is 260 g/mol. The molecule has 0 spiro atoms. The quantitative estimate of drug-likeness (QED) is 0.861. The summed E-state index contributed by atoms with van der Waals surface area (Å²) in [6, 6.07) is 6.03. The first kappa shape index (κ1) is 14.4. The topological polar surface area (TPSA) is 46.3 Å². The minimum atomic E-state index is -0.0955. The smallest absolute Gasteiger partial charge is 0.229 e. The van der Waals surface area contributed by atoms with E-state index in [1.165, 1.54) is 24.0 Å². The molecule has 0 radical (unpaired) electrons. The maximum atomic E-state index is 13.2. The van der Waals surface area contributed by atoms with E-state index in [1.807, 2.05) is 12.1 Å². The molecule has 1 saturated carbocycles. The van der Waals surface area contributed by atoms with Crippen LogP contribution < -0.4 is 5.73 Å². The zero-order chi connectivity index (χ0) is 15.0. The standard InChI is InChI=1S/C18H26N2O/c1-13(2)10-18(7-3-4-8-18)17(21)20-11-14-5-6-16(19)9-15(14)12-20/h5-6,9,13H,3-4,7-8,10-12,19H2,1-2H3. The summed E-state index contributed by atoms with van der Waals surface area (Å²) in [4.78, 5) is 15.2. The van der Waals surface area contributed by atoms with Gasteiger partial charge in [-0.2, -0.15) is 0 Å². The molecule has 1 amide bonds. The molecule has 114 valence electrons. The van der Waals surface area contributed by atoms with Crippen molar-refractivity contribution in [1.29, 1.82) is 0 Å². The predicted octanol–water partition coefficient (Wildman–Crippen LogP) is 3.72. The van der Waals surface area contributed by atoms with Gasteiger partial charge in [-0.25, -0.2) is 0 Å². The van der Waals surface area contributed by atoms with Crippen molar-refractivity contribution in [2.45, 2.75) is 59.0 Å². The Balaban J connectivity index is 1.79. The molecular formula is C18H26N2O. The molecule has 1 aromatic rings. The number of hydrogen-bond acceptors (Lipinski definition) is 2. The van der Waals surface area contributed by atoms with Crippen molar-refractivity contribution in [2.75, 3.05) is 5.73 Å². The summed E-state index contributed by atoms with van der Waals surface area (Å²) in [5.41, 5.74) is 9.04. The molecule has 3 rings (SSSR count). The van der Waals surface area contributed by atoms with E-state index in [-0.39, 0.29) is 5.41 Å². The van der Waals surface area contributed by atoms with Crippen LogP contribution in [-0.2, 0) is 17.9 Å². The van der Waals surface area contributed by atoms with Gasteiger partial charge in [0.25, 0.3) is 0 Å². The molecule has 3 nitrogen and oxygen atoms in total. The Hall–Kier alpha value is -1.51. The van der Waals surface area contributed by atoms with Gasteiger partial charge in [-0.3, -0.25) is 4.79 Å². The highest BCUT2D eigenvalue weighted by Gasteiger charge is 2.44. The molecule has 2 aliphatic rings. The minimum Gasteiger partial charge on any atom is -0.399 e. The number of anilines is 1. The van der Waals surface area contributed by atoms with Crippen LogP contribution in [0, 0.1) is 11.3 Å². The fourth-order valence-electron chi connectivity index (χ4n) is 4.23. The third-order valence-corrected chi connectivity index (χ3v) is 5.05. The van der Waals surface area contributed by atoms with Gasteiger partial charge < -0.3 is 10.6 Å². The third-order valence-electron chi connectivity index (χ3n) is 5.05. The van der Waals surface area contributed by atoms with Crippen molar-refractivity contribution in [1.82, 2.24) is 4.90 Å². The molecule has 0 saturated heterocycles. The van der Waals surface area contributed by atoms with Crippen molar-refractivity contribution >= 4 is 11.6 Å². The Morgan fingerprint density at radius 2 is 1.90 bits per heavy atom. The monoisotopic (exact) mass is 286 g/mol. The van der Waals surface area contributed by atoms with E-state index in [9.17, 15) is 4.79 Å². The normalized spacial score (nSPS) is 20.0. The lowest BCUT2D eigenvalue weighted by molar-refractivity contribution is -0.143. The van der Waals surface area contributed by atoms with Crippen molar-refractivity contribution < 1.29 is 4.79 Å². The second-order valence-electron chi connectivity index (χ2n) is 7.27. The lowest BCUT2D eigenvalue weighted by atomic mass is 9.77. The predicted molar refractivity (Wildman–Crippen MR) is 85.5 cm³/mol. The highest BCUT2D eigenvalue weighted by atomic mass is 16.2. The van der Waals surface area contributed by atoms with E-state index in [4.69, 9.17) is 5.73 Å². The summed E-state index contributed by atoms with van der Waals surface area (Å²) < 4.78 is 0. The first-order chi connectivity index (χ1) is 10.00. The maximum Gasteiger partial charge on any atom is 0.229 e. The van der Waals surface area contributed by atoms with Crippen LogP contribution in [0.2, 0.25) is 0 Å². The van der Waals surface area contributed by atoms with Crippen LogP contribution in [0.5, 0.6) is 0 Å². The van der Waals surface area contributed by atoms with Gasteiger partial charge in [-0.15, -0.1) is 0 Å². The Labute approximate surface area is 127 Å². The number of nitrogen functional groups attached to an aromatic ring is 1. The molecule has 1 fully saturated rings. The number of nitrogens with zero attached hydrogens (tertiary/aromatic N) is 1. The summed E-state index contributed by atoms with van der Waals surface area (Å²) >= 11 is 0. The molecule has 1 aliphatic heterocycles. The highest BCUT2D eigenvalue weighted by molar-refractivity contribution is 5.83. The summed E-state index contributed by atoms with van der Waals surface area (Å²) in [5, 5.41) is 0. The zero-order valence-corrected chi connectivity index (χ0v) is 13.2. The van der Waals surface area contributed by atoms with Crippen molar-refractivity contribution in [2.24, 2.45) is 11.3 Å². The van der Waals surface area contributed by atoms with Crippen LogP contribution in [0.15, 0.2) is 18.2 Å². The molecule has 21 heavy (non-hydrogen) atoms. The summed E-state index contributed by atoms with van der Waals surface area (Å²) in [6.07, 6.45) is 5.57. The summed E-state index contributed by atoms with van der Waals surface area (Å²) in [6.45, 7) is 5.95. The molecule has 0 aromatic heterocycles. The first-order valence-electron chi connectivity index (χ1n) is 8.17. The second kappa shape index (κ2) is 5.36. The number of rotatable bonds is 3. The largest absolute Gasteiger partial charge is 0.399 e. The molecule has 1 aromatic carbocycles. The molecule has 0 unspecified atom stereocenters. The van der Waals surface area contributed by atoms with E-state index < -0.39 is 0 Å². The first-order valence-corrected chi connectivity index (χ1v) is 8.17. The Morgan fingerprint density at radius 1 is 1.24 bits per heavy atom. The number of fused-ring (bicyclic) bond motifs is 1. The van der Waals surface area contributed by atoms with E-state index in [2.05, 4.69) is 24.8 Å². The van der Waals surface area contributed by atoms with Crippen molar-refractivity contribution in [3.63, 3.8) is 0 Å². The van der Waals surface area contributed by atoms with Crippen LogP contribution in [0.25, 0.3) is 0 Å². The van der Waals surface area contributed by atoms with Crippen LogP contribution in [0.4, 0.5) is 5.69 Å². The third kappa shape index (κ3) is 2.66. The fourth-order valence-corrected chi connectivity index (χ4v) is 4.23. The van der Waals surface area contributed by atoms with Gasteiger partial charge in [0.05, 0.1) is 0 Å². The molecule has 2 N–H and O–H groups in total. The van der Waals surface area contributed by atoms with Crippen LogP contribution in [-0.4, -0.2) is 10.8 Å². The Kier molecular flexibility index (Phi) is 3.68. The van der Waals surface area contributed by atoms with Gasteiger partial charge in [0.2, 0.25) is 5.91 Å². The van der Waals surface area contributed by atoms with Gasteiger partial charge >= 0.3 is 0 Å². The lowest BCUT2D eigenvalue weighted by Gasteiger charge is -2.33. The van der Waals surface area contributed by atoms with Crippen LogP contribution >= 0.6 is 0 Å². The SMILES string of the molecule is CC(C)CC1(C(=O)N2Cc3ccc(N)cc3C2)CCCC1. The zero-order valence-electron chi connectivity index (χ0n) is 13.2. The van der Waals surface area contributed by atoms with E-state index in [0.29, 0.717) is 11.8 Å². The van der Waals surface area contributed by atoms with Crippen molar-refractivity contribution in [3.05, 3.63) is 29.3 Å². The number of benzene rings is 1. The number of nitrogens with two attached hydrogens (primary N) is 1. The van der Waals surface area contributed by atoms with Gasteiger partial charge in [0.1, 0.15) is 0 Å². The number of hydrogen-bond donors (Lipinski definition) is 1. The average Bonchev–Trinajstić information content (AvgIpc) is 3.04. The lowest BCUT2D eigenvalue weighted by Crippen LogP contribution is -2.40. The van der Waals surface area contributed by atoms with Gasteiger partial charge in [-0.1, -0.05) is 32.8 Å². The Bertz CT molecular complexity index is 544. The van der Waals surface area contributed by atoms with Crippen molar-refractivity contribution in [3.8, 4) is 0 Å². The summed E-state index contributed by atoms with van der Waals surface area (Å²) in [7, 11) is 0. The molecule has 1 aliphatic carbocycles. The molecule has 1 heterocycles. The van der Waals surface area contributed by atoms with E-state index in [1.54, 1.807) is 0 Å². The molecule has 0 atom stereocenters. The maximum absolute atomic E-state index is 13.2. The van der Waals surface area contributed by atoms with Gasteiger partial charge in [0.15, 0.2) is 0 Å². The molecule has 3 heteroatoms. The number of carbonyl (C=O) groups excluding carboxylic acids is 1. The van der Waals surface area contributed by atoms with Crippen LogP contribution in [0.1, 0.15) is 57.1 Å². The number of carbonyl (C=O) groups is 1. The van der Waals surface area contributed by atoms with Gasteiger partial charge in [-0.05, 0) is 48.4 Å². The average molecular weight is 286 g/mol. The van der Waals surface area contributed by atoms with Crippen LogP contribution in [0.3, 0.4) is 0 Å². The Morgan fingerprint density at radius 3 is 2.57 bits per heavy atom. The highest BCUT2D eigenvalue weighted by Crippen LogP contribution is 2.45.